The fourth-order valence-electron chi connectivity index (χ4n) is 3.14. The summed E-state index contributed by atoms with van der Waals surface area (Å²) < 4.78 is 0. The van der Waals surface area contributed by atoms with Crippen molar-refractivity contribution in [2.75, 3.05) is 19.4 Å². The molecule has 0 aromatic heterocycles. The van der Waals surface area contributed by atoms with Gasteiger partial charge in [0, 0.05) is 24.4 Å². The number of carbonyl (C=O) groups is 1. The van der Waals surface area contributed by atoms with E-state index in [1.54, 1.807) is 7.05 Å². The van der Waals surface area contributed by atoms with Crippen molar-refractivity contribution >= 4 is 23.3 Å². The second-order valence-corrected chi connectivity index (χ2v) is 7.72. The van der Waals surface area contributed by atoms with E-state index in [2.05, 4.69) is 31.2 Å². The third-order valence-electron chi connectivity index (χ3n) is 4.05. The molecule has 0 heterocycles. The second-order valence-electron chi connectivity index (χ2n) is 6.01. The number of carbonyl (C=O) groups excluding carboxylic acids is 1. The van der Waals surface area contributed by atoms with Gasteiger partial charge in [-0.1, -0.05) is 27.2 Å². The van der Waals surface area contributed by atoms with Gasteiger partial charge in [-0.2, -0.15) is 11.8 Å². The Bertz CT molecular complexity index is 446. The third kappa shape index (κ3) is 6.30. The molecule has 2 atom stereocenters. The summed E-state index contributed by atoms with van der Waals surface area (Å²) in [5.74, 6) is 1.75. The molecule has 0 radical (unpaired) electrons. The van der Waals surface area contributed by atoms with Crippen molar-refractivity contribution in [2.24, 2.45) is 10.9 Å². The zero-order chi connectivity index (χ0) is 17.2. The summed E-state index contributed by atoms with van der Waals surface area (Å²) in [6.07, 6.45) is 4.39. The summed E-state index contributed by atoms with van der Waals surface area (Å²) in [7, 11) is 1.79. The van der Waals surface area contributed by atoms with Crippen molar-refractivity contribution in [3.05, 3.63) is 11.3 Å². The lowest BCUT2D eigenvalue weighted by atomic mass is 9.80. The van der Waals surface area contributed by atoms with Crippen molar-refractivity contribution < 1.29 is 9.63 Å². The number of nitrogens with one attached hydrogen (secondary N) is 1. The van der Waals surface area contributed by atoms with Gasteiger partial charge in [-0.3, -0.25) is 20.1 Å². The van der Waals surface area contributed by atoms with Crippen LogP contribution in [-0.2, 0) is 9.63 Å². The highest BCUT2D eigenvalue weighted by Crippen LogP contribution is 2.32. The Hall–Kier alpha value is -0.810. The van der Waals surface area contributed by atoms with Gasteiger partial charge < -0.3 is 0 Å². The summed E-state index contributed by atoms with van der Waals surface area (Å²) in [5.41, 5.74) is 5.60. The Kier molecular flexibility index (Phi) is 9.56. The normalized spacial score (nSPS) is 24.0. The maximum atomic E-state index is 12.8. The van der Waals surface area contributed by atoms with E-state index in [1.807, 2.05) is 18.7 Å². The minimum Gasteiger partial charge on any atom is -0.294 e. The van der Waals surface area contributed by atoms with E-state index in [9.17, 15) is 4.79 Å². The number of thioether (sulfide) groups is 1. The zero-order valence-corrected chi connectivity index (χ0v) is 16.1. The van der Waals surface area contributed by atoms with Crippen molar-refractivity contribution in [3.8, 4) is 0 Å². The number of hydroxylamine groups is 1. The molecule has 132 valence electrons. The fraction of sp³-hybridized carbons (Fsp3) is 0.778. The number of rotatable bonds is 9. The average Bonchev–Trinajstić information content (AvgIpc) is 2.51. The first-order chi connectivity index (χ1) is 11.1. The smallest absolute Gasteiger partial charge is 0.166 e. The SMILES string of the molecule is CCCC(NOCC)=C1C(=O)C[C@H](C[C@H](C)SCC)CC1=NC. The van der Waals surface area contributed by atoms with Crippen LogP contribution in [-0.4, -0.2) is 36.2 Å². The first-order valence-corrected chi connectivity index (χ1v) is 9.83. The van der Waals surface area contributed by atoms with E-state index in [4.69, 9.17) is 4.84 Å². The highest BCUT2D eigenvalue weighted by Gasteiger charge is 2.31. The van der Waals surface area contributed by atoms with Gasteiger partial charge >= 0.3 is 0 Å². The highest BCUT2D eigenvalue weighted by atomic mass is 32.2. The number of hydrogen-bond acceptors (Lipinski definition) is 5. The van der Waals surface area contributed by atoms with E-state index >= 15 is 0 Å². The molecule has 1 saturated carbocycles. The second kappa shape index (κ2) is 10.9. The van der Waals surface area contributed by atoms with Gasteiger partial charge in [0.15, 0.2) is 5.78 Å². The molecule has 0 unspecified atom stereocenters. The number of Topliss-reactive ketones (excluding diaryl/α,β-unsaturated/α-hetero) is 1. The molecule has 1 fully saturated rings. The van der Waals surface area contributed by atoms with Crippen LogP contribution in [0.25, 0.3) is 0 Å². The molecule has 0 aromatic rings. The predicted octanol–water partition coefficient (Wildman–Crippen LogP) is 4.16. The molecule has 0 aliphatic heterocycles. The minimum absolute atomic E-state index is 0.214. The highest BCUT2D eigenvalue weighted by molar-refractivity contribution is 7.99. The molecule has 0 amide bonds. The number of allylic oxidation sites excluding steroid dienone is 2. The molecule has 0 saturated heterocycles. The first-order valence-electron chi connectivity index (χ1n) is 8.78. The first kappa shape index (κ1) is 20.2. The number of aliphatic imine (C=N–C) groups is 1. The Balaban J connectivity index is 2.93. The van der Waals surface area contributed by atoms with Gasteiger partial charge in [0.05, 0.1) is 17.9 Å². The Morgan fingerprint density at radius 2 is 2.13 bits per heavy atom. The monoisotopic (exact) mass is 340 g/mol. The summed E-state index contributed by atoms with van der Waals surface area (Å²) in [6, 6.07) is 0. The lowest BCUT2D eigenvalue weighted by Crippen LogP contribution is -2.31. The summed E-state index contributed by atoms with van der Waals surface area (Å²) in [4.78, 5) is 22.5. The Morgan fingerprint density at radius 1 is 1.39 bits per heavy atom. The van der Waals surface area contributed by atoms with Crippen LogP contribution in [0.5, 0.6) is 0 Å². The molecular weight excluding hydrogens is 308 g/mol. The van der Waals surface area contributed by atoms with Crippen molar-refractivity contribution in [1.29, 1.82) is 0 Å². The van der Waals surface area contributed by atoms with Gasteiger partial charge in [-0.15, -0.1) is 0 Å². The van der Waals surface area contributed by atoms with Crippen LogP contribution < -0.4 is 5.48 Å². The number of ketones is 1. The van der Waals surface area contributed by atoms with Crippen LogP contribution in [0.3, 0.4) is 0 Å². The Labute approximate surface area is 145 Å². The molecule has 1 aliphatic rings. The van der Waals surface area contributed by atoms with Crippen LogP contribution in [0.4, 0.5) is 0 Å². The van der Waals surface area contributed by atoms with E-state index in [0.717, 1.165) is 48.4 Å². The quantitative estimate of drug-likeness (QED) is 0.506. The van der Waals surface area contributed by atoms with Gasteiger partial charge in [0.25, 0.3) is 0 Å². The molecule has 1 rings (SSSR count). The van der Waals surface area contributed by atoms with Gasteiger partial charge in [0.1, 0.15) is 0 Å². The zero-order valence-electron chi connectivity index (χ0n) is 15.3. The summed E-state index contributed by atoms with van der Waals surface area (Å²) >= 11 is 1.97. The number of nitrogens with zero attached hydrogens (tertiary/aromatic N) is 1. The molecule has 1 aliphatic carbocycles. The van der Waals surface area contributed by atoms with Crippen molar-refractivity contribution in [2.45, 2.75) is 65.0 Å². The molecule has 0 aromatic carbocycles. The van der Waals surface area contributed by atoms with Crippen LogP contribution in [0, 0.1) is 5.92 Å². The van der Waals surface area contributed by atoms with E-state index in [1.165, 1.54) is 0 Å². The van der Waals surface area contributed by atoms with Crippen LogP contribution in [0.2, 0.25) is 0 Å². The van der Waals surface area contributed by atoms with Crippen LogP contribution in [0.15, 0.2) is 16.3 Å². The summed E-state index contributed by atoms with van der Waals surface area (Å²) in [6.45, 7) is 9.05. The van der Waals surface area contributed by atoms with E-state index in [0.29, 0.717) is 24.2 Å². The predicted molar refractivity (Wildman–Crippen MR) is 100.0 cm³/mol. The van der Waals surface area contributed by atoms with E-state index < -0.39 is 0 Å². The largest absolute Gasteiger partial charge is 0.294 e. The summed E-state index contributed by atoms with van der Waals surface area (Å²) in [5, 5.41) is 0.595. The van der Waals surface area contributed by atoms with Crippen molar-refractivity contribution in [3.63, 3.8) is 0 Å². The standard InChI is InChI=1S/C18H32N2O2S/c1-6-9-15(20-22-7-2)18-16(19-5)11-14(12-17(18)21)10-13(4)23-8-3/h13-14,20H,6-12H2,1-5H3/t13-,14+/m0/s1. The average molecular weight is 341 g/mol. The maximum absolute atomic E-state index is 12.8. The van der Waals surface area contributed by atoms with Gasteiger partial charge in [0.2, 0.25) is 0 Å². The van der Waals surface area contributed by atoms with Crippen LogP contribution >= 0.6 is 11.8 Å². The molecular formula is C18H32N2O2S. The maximum Gasteiger partial charge on any atom is 0.166 e. The van der Waals surface area contributed by atoms with E-state index in [-0.39, 0.29) is 5.78 Å². The number of hydrogen-bond donors (Lipinski definition) is 1. The molecule has 5 heteroatoms. The molecule has 0 spiro atoms. The Morgan fingerprint density at radius 3 is 2.70 bits per heavy atom. The lowest BCUT2D eigenvalue weighted by molar-refractivity contribution is -0.116. The van der Waals surface area contributed by atoms with Gasteiger partial charge in [-0.05, 0) is 37.9 Å². The molecule has 23 heavy (non-hydrogen) atoms. The lowest BCUT2D eigenvalue weighted by Gasteiger charge is -2.28. The molecule has 1 N–H and O–H groups in total. The topological polar surface area (TPSA) is 50.7 Å². The van der Waals surface area contributed by atoms with Gasteiger partial charge in [-0.25, -0.2) is 0 Å². The molecule has 0 bridgehead atoms. The minimum atomic E-state index is 0.214. The third-order valence-corrected chi connectivity index (χ3v) is 5.15. The van der Waals surface area contributed by atoms with Crippen LogP contribution in [0.1, 0.15) is 59.8 Å². The molecule has 4 nitrogen and oxygen atoms in total. The van der Waals surface area contributed by atoms with Crippen molar-refractivity contribution in [1.82, 2.24) is 5.48 Å². The fourth-order valence-corrected chi connectivity index (χ4v) is 4.12.